The number of nitrogens with two attached hydrogens (primary N) is 1. The van der Waals surface area contributed by atoms with E-state index in [0.29, 0.717) is 19.6 Å². The largest absolute Gasteiger partial charge is 0.342 e. The van der Waals surface area contributed by atoms with Crippen molar-refractivity contribution >= 4 is 11.8 Å². The number of hydrogen-bond donors (Lipinski definition) is 1. The van der Waals surface area contributed by atoms with Gasteiger partial charge in [-0.3, -0.25) is 14.5 Å². The number of amides is 2. The summed E-state index contributed by atoms with van der Waals surface area (Å²) >= 11 is 0. The summed E-state index contributed by atoms with van der Waals surface area (Å²) in [6.45, 7) is 6.89. The Hall–Kier alpha value is -1.14. The van der Waals surface area contributed by atoms with Crippen molar-refractivity contribution in [2.45, 2.75) is 32.2 Å². The van der Waals surface area contributed by atoms with E-state index in [0.717, 1.165) is 39.0 Å². The second-order valence-electron chi connectivity index (χ2n) is 5.83. The molecular formula is C14H26N4O2. The molecule has 6 nitrogen and oxygen atoms in total. The van der Waals surface area contributed by atoms with Gasteiger partial charge in [0.2, 0.25) is 11.8 Å². The van der Waals surface area contributed by atoms with Crippen LogP contribution in [-0.4, -0.2) is 78.4 Å². The lowest BCUT2D eigenvalue weighted by molar-refractivity contribution is -0.136. The molecule has 0 saturated carbocycles. The average molecular weight is 282 g/mol. The van der Waals surface area contributed by atoms with Crippen LogP contribution in [0.5, 0.6) is 0 Å². The van der Waals surface area contributed by atoms with E-state index in [-0.39, 0.29) is 11.8 Å². The van der Waals surface area contributed by atoms with Gasteiger partial charge in [-0.1, -0.05) is 0 Å². The predicted molar refractivity (Wildman–Crippen MR) is 77.1 cm³/mol. The number of piperazine rings is 1. The summed E-state index contributed by atoms with van der Waals surface area (Å²) in [5.74, 6) is 0.240. The zero-order chi connectivity index (χ0) is 14.5. The van der Waals surface area contributed by atoms with Gasteiger partial charge >= 0.3 is 0 Å². The fourth-order valence-corrected chi connectivity index (χ4v) is 2.85. The first kappa shape index (κ1) is 15.3. The highest BCUT2D eigenvalue weighted by Crippen LogP contribution is 2.10. The molecule has 2 heterocycles. The Labute approximate surface area is 120 Å². The minimum absolute atomic E-state index is 0.00649. The maximum Gasteiger partial charge on any atom is 0.239 e. The second-order valence-corrected chi connectivity index (χ2v) is 5.83. The summed E-state index contributed by atoms with van der Waals surface area (Å²) in [6.07, 6.45) is 3.49. The van der Waals surface area contributed by atoms with Crippen molar-refractivity contribution < 1.29 is 9.59 Å². The van der Waals surface area contributed by atoms with Gasteiger partial charge in [0.05, 0.1) is 12.6 Å². The van der Waals surface area contributed by atoms with E-state index in [1.165, 1.54) is 6.42 Å². The smallest absolute Gasteiger partial charge is 0.239 e. The van der Waals surface area contributed by atoms with Crippen molar-refractivity contribution in [2.24, 2.45) is 5.73 Å². The summed E-state index contributed by atoms with van der Waals surface area (Å²) in [4.78, 5) is 29.9. The van der Waals surface area contributed by atoms with Crippen LogP contribution in [0.15, 0.2) is 0 Å². The molecule has 0 aromatic carbocycles. The predicted octanol–water partition coefficient (Wildman–Crippen LogP) is -0.510. The molecule has 2 aliphatic heterocycles. The summed E-state index contributed by atoms with van der Waals surface area (Å²) in [7, 11) is 0. The molecular weight excluding hydrogens is 256 g/mol. The standard InChI is InChI=1S/C14H26N4O2/c1-12(15)14(20)18-9-7-16(8-10-18)11-13(19)17-5-3-2-4-6-17/h12H,2-11,15H2,1H3/t12-/m1/s1. The van der Waals surface area contributed by atoms with Crippen LogP contribution in [0.25, 0.3) is 0 Å². The van der Waals surface area contributed by atoms with E-state index in [1.54, 1.807) is 11.8 Å². The number of hydrogen-bond acceptors (Lipinski definition) is 4. The summed E-state index contributed by atoms with van der Waals surface area (Å²) in [5, 5.41) is 0. The van der Waals surface area contributed by atoms with Crippen molar-refractivity contribution in [3.05, 3.63) is 0 Å². The number of rotatable bonds is 3. The van der Waals surface area contributed by atoms with Gasteiger partial charge < -0.3 is 15.5 Å². The molecule has 0 aromatic heterocycles. The molecule has 0 aromatic rings. The number of piperidine rings is 1. The van der Waals surface area contributed by atoms with Crippen LogP contribution in [0.1, 0.15) is 26.2 Å². The Bertz CT molecular complexity index is 345. The van der Waals surface area contributed by atoms with Crippen LogP contribution in [-0.2, 0) is 9.59 Å². The van der Waals surface area contributed by atoms with Crippen LogP contribution < -0.4 is 5.73 Å². The topological polar surface area (TPSA) is 69.9 Å². The molecule has 0 spiro atoms. The fraction of sp³-hybridized carbons (Fsp3) is 0.857. The molecule has 2 saturated heterocycles. The third-order valence-electron chi connectivity index (χ3n) is 4.14. The van der Waals surface area contributed by atoms with E-state index in [9.17, 15) is 9.59 Å². The monoisotopic (exact) mass is 282 g/mol. The highest BCUT2D eigenvalue weighted by molar-refractivity contribution is 5.81. The second kappa shape index (κ2) is 7.04. The molecule has 0 aliphatic carbocycles. The first-order valence-electron chi connectivity index (χ1n) is 7.62. The number of likely N-dealkylation sites (tertiary alicyclic amines) is 1. The Kier molecular flexibility index (Phi) is 5.37. The first-order valence-corrected chi connectivity index (χ1v) is 7.62. The lowest BCUT2D eigenvalue weighted by Crippen LogP contribution is -2.54. The fourth-order valence-electron chi connectivity index (χ4n) is 2.85. The minimum Gasteiger partial charge on any atom is -0.342 e. The summed E-state index contributed by atoms with van der Waals surface area (Å²) in [6, 6.07) is -0.434. The van der Waals surface area contributed by atoms with E-state index in [1.807, 2.05) is 4.90 Å². The molecule has 2 fully saturated rings. The van der Waals surface area contributed by atoms with Crippen molar-refractivity contribution in [1.82, 2.24) is 14.7 Å². The molecule has 2 aliphatic rings. The Morgan fingerprint density at radius 1 is 0.950 bits per heavy atom. The zero-order valence-electron chi connectivity index (χ0n) is 12.4. The van der Waals surface area contributed by atoms with Crippen molar-refractivity contribution in [3.63, 3.8) is 0 Å². The Morgan fingerprint density at radius 2 is 1.55 bits per heavy atom. The summed E-state index contributed by atoms with van der Waals surface area (Å²) < 4.78 is 0. The van der Waals surface area contributed by atoms with Gasteiger partial charge in [-0.25, -0.2) is 0 Å². The van der Waals surface area contributed by atoms with Crippen molar-refractivity contribution in [1.29, 1.82) is 0 Å². The van der Waals surface area contributed by atoms with Crippen LogP contribution in [0.4, 0.5) is 0 Å². The van der Waals surface area contributed by atoms with E-state index < -0.39 is 6.04 Å². The third-order valence-corrected chi connectivity index (χ3v) is 4.14. The average Bonchev–Trinajstić information content (AvgIpc) is 2.48. The van der Waals surface area contributed by atoms with Crippen molar-refractivity contribution in [3.8, 4) is 0 Å². The minimum atomic E-state index is -0.434. The first-order chi connectivity index (χ1) is 9.58. The van der Waals surface area contributed by atoms with Crippen LogP contribution >= 0.6 is 0 Å². The van der Waals surface area contributed by atoms with Gasteiger partial charge in [-0.05, 0) is 26.2 Å². The van der Waals surface area contributed by atoms with Crippen LogP contribution in [0, 0.1) is 0 Å². The molecule has 2 amide bonds. The molecule has 2 N–H and O–H groups in total. The molecule has 1 atom stereocenters. The molecule has 2 rings (SSSR count). The molecule has 20 heavy (non-hydrogen) atoms. The van der Waals surface area contributed by atoms with E-state index >= 15 is 0 Å². The van der Waals surface area contributed by atoms with Gasteiger partial charge in [0.25, 0.3) is 0 Å². The Morgan fingerprint density at radius 3 is 2.10 bits per heavy atom. The van der Waals surface area contributed by atoms with E-state index in [2.05, 4.69) is 4.90 Å². The number of nitrogens with zero attached hydrogens (tertiary/aromatic N) is 3. The summed E-state index contributed by atoms with van der Waals surface area (Å²) in [5.41, 5.74) is 5.61. The van der Waals surface area contributed by atoms with Crippen molar-refractivity contribution in [2.75, 3.05) is 45.8 Å². The molecule has 0 unspecified atom stereocenters. The van der Waals surface area contributed by atoms with Gasteiger partial charge in [0, 0.05) is 39.3 Å². The van der Waals surface area contributed by atoms with E-state index in [4.69, 9.17) is 5.73 Å². The lowest BCUT2D eigenvalue weighted by Gasteiger charge is -2.36. The maximum absolute atomic E-state index is 12.2. The number of carbonyl (C=O) groups excluding carboxylic acids is 2. The van der Waals surface area contributed by atoms with Gasteiger partial charge in [0.1, 0.15) is 0 Å². The normalized spacial score (nSPS) is 22.7. The molecule has 114 valence electrons. The number of carbonyl (C=O) groups is 2. The third kappa shape index (κ3) is 3.93. The maximum atomic E-state index is 12.2. The van der Waals surface area contributed by atoms with Gasteiger partial charge in [-0.15, -0.1) is 0 Å². The van der Waals surface area contributed by atoms with Crippen LogP contribution in [0.3, 0.4) is 0 Å². The van der Waals surface area contributed by atoms with Gasteiger partial charge in [-0.2, -0.15) is 0 Å². The quantitative estimate of drug-likeness (QED) is 0.757. The molecule has 0 bridgehead atoms. The molecule has 6 heteroatoms. The highest BCUT2D eigenvalue weighted by Gasteiger charge is 2.25. The lowest BCUT2D eigenvalue weighted by atomic mass is 10.1. The van der Waals surface area contributed by atoms with Gasteiger partial charge in [0.15, 0.2) is 0 Å². The SMILES string of the molecule is C[C@@H](N)C(=O)N1CCN(CC(=O)N2CCCCC2)CC1. The Balaban J connectivity index is 1.73. The van der Waals surface area contributed by atoms with Crippen LogP contribution in [0.2, 0.25) is 0 Å². The zero-order valence-corrected chi connectivity index (χ0v) is 12.4. The molecule has 0 radical (unpaired) electrons. The highest BCUT2D eigenvalue weighted by atomic mass is 16.2.